The molecule has 8 heteroatoms. The molecule has 0 spiro atoms. The fraction of sp³-hybridized carbons (Fsp3) is 0.263. The molecule has 6 nitrogen and oxygen atoms in total. The molecule has 2 aromatic carbocycles. The highest BCUT2D eigenvalue weighted by molar-refractivity contribution is 7.92. The van der Waals surface area contributed by atoms with Crippen molar-refractivity contribution < 1.29 is 13.2 Å². The number of carbonyl (C=O) groups is 1. The number of halogens is 1. The molecule has 0 radical (unpaired) electrons. The Morgan fingerprint density at radius 1 is 1.22 bits per heavy atom. The molecule has 140 valence electrons. The van der Waals surface area contributed by atoms with Crippen molar-refractivity contribution in [2.24, 2.45) is 0 Å². The van der Waals surface area contributed by atoms with Gasteiger partial charge in [0, 0.05) is 17.6 Å². The number of hydrogen-bond acceptors (Lipinski definition) is 4. The molecule has 0 unspecified atom stereocenters. The lowest BCUT2D eigenvalue weighted by molar-refractivity contribution is 0.0881. The van der Waals surface area contributed by atoms with E-state index >= 15 is 0 Å². The Bertz CT molecular complexity index is 1030. The molecule has 0 atom stereocenters. The van der Waals surface area contributed by atoms with E-state index in [4.69, 9.17) is 11.6 Å². The van der Waals surface area contributed by atoms with Gasteiger partial charge in [-0.3, -0.25) is 9.10 Å². The van der Waals surface area contributed by atoms with Gasteiger partial charge in [-0.05, 0) is 55.7 Å². The van der Waals surface area contributed by atoms with Gasteiger partial charge in [-0.2, -0.15) is 5.26 Å². The normalized spacial score (nSPS) is 15.3. The van der Waals surface area contributed by atoms with Crippen LogP contribution >= 0.6 is 11.6 Å². The van der Waals surface area contributed by atoms with Crippen molar-refractivity contribution in [3.63, 3.8) is 0 Å². The van der Waals surface area contributed by atoms with Crippen LogP contribution in [0.1, 0.15) is 29.6 Å². The van der Waals surface area contributed by atoms with Crippen LogP contribution < -0.4 is 9.62 Å². The first-order valence-corrected chi connectivity index (χ1v) is 10.2. The molecule has 1 saturated carbocycles. The molecule has 0 saturated heterocycles. The number of benzene rings is 2. The first-order valence-electron chi connectivity index (χ1n) is 8.36. The maximum absolute atomic E-state index is 12.9. The minimum atomic E-state index is -3.88. The topological polar surface area (TPSA) is 90.3 Å². The summed E-state index contributed by atoms with van der Waals surface area (Å²) in [7, 11) is -2.45. The van der Waals surface area contributed by atoms with Crippen molar-refractivity contribution in [3.8, 4) is 6.07 Å². The second-order valence-corrected chi connectivity index (χ2v) is 8.89. The van der Waals surface area contributed by atoms with Crippen molar-refractivity contribution >= 4 is 33.2 Å². The molecular weight excluding hydrogens is 386 g/mol. The van der Waals surface area contributed by atoms with E-state index in [0.29, 0.717) is 23.6 Å². The van der Waals surface area contributed by atoms with Gasteiger partial charge in [0.2, 0.25) is 0 Å². The van der Waals surface area contributed by atoms with Crippen LogP contribution in [0.25, 0.3) is 0 Å². The van der Waals surface area contributed by atoms with E-state index in [-0.39, 0.29) is 10.5 Å². The summed E-state index contributed by atoms with van der Waals surface area (Å²) in [6.45, 7) is 0. The Labute approximate surface area is 163 Å². The molecule has 1 N–H and O–H groups in total. The average molecular weight is 404 g/mol. The molecule has 1 aliphatic carbocycles. The minimum absolute atomic E-state index is 0.0164. The Hall–Kier alpha value is -2.56. The molecule has 1 amide bonds. The van der Waals surface area contributed by atoms with Crippen molar-refractivity contribution in [3.05, 3.63) is 59.1 Å². The molecule has 1 aliphatic rings. The van der Waals surface area contributed by atoms with E-state index in [0.717, 1.165) is 10.7 Å². The third kappa shape index (κ3) is 3.77. The van der Waals surface area contributed by atoms with E-state index in [1.165, 1.54) is 31.3 Å². The first kappa shape index (κ1) is 19.2. The molecule has 27 heavy (non-hydrogen) atoms. The summed E-state index contributed by atoms with van der Waals surface area (Å²) in [5.74, 6) is -0.460. The van der Waals surface area contributed by atoms with Crippen LogP contribution in [0.5, 0.6) is 0 Å². The van der Waals surface area contributed by atoms with Gasteiger partial charge in [0.15, 0.2) is 0 Å². The maximum atomic E-state index is 12.9. The highest BCUT2D eigenvalue weighted by Gasteiger charge is 2.38. The predicted octanol–water partition coefficient (Wildman–Crippen LogP) is 3.34. The van der Waals surface area contributed by atoms with Gasteiger partial charge < -0.3 is 5.32 Å². The summed E-state index contributed by atoms with van der Waals surface area (Å²) in [6.07, 6.45) is 2.09. The smallest absolute Gasteiger partial charge is 0.264 e. The molecule has 0 aromatic heterocycles. The lowest BCUT2D eigenvalue weighted by Crippen LogP contribution is -2.52. The van der Waals surface area contributed by atoms with Crippen molar-refractivity contribution in [1.82, 2.24) is 5.32 Å². The lowest BCUT2D eigenvalue weighted by atomic mass is 9.78. The molecule has 0 bridgehead atoms. The Kier molecular flexibility index (Phi) is 5.13. The molecule has 3 rings (SSSR count). The summed E-state index contributed by atoms with van der Waals surface area (Å²) in [5, 5.41) is 12.4. The number of anilines is 1. The van der Waals surface area contributed by atoms with Crippen LogP contribution in [-0.2, 0) is 10.0 Å². The summed E-state index contributed by atoms with van der Waals surface area (Å²) in [4.78, 5) is 12.5. The zero-order valence-corrected chi connectivity index (χ0v) is 16.2. The summed E-state index contributed by atoms with van der Waals surface area (Å²) >= 11 is 5.95. The van der Waals surface area contributed by atoms with Crippen molar-refractivity contribution in [2.75, 3.05) is 11.4 Å². The zero-order valence-electron chi connectivity index (χ0n) is 14.6. The molecule has 0 heterocycles. The molecule has 1 fully saturated rings. The number of nitrogens with zero attached hydrogens (tertiary/aromatic N) is 2. The van der Waals surface area contributed by atoms with Crippen LogP contribution in [0, 0.1) is 11.3 Å². The van der Waals surface area contributed by atoms with Gasteiger partial charge in [0.1, 0.15) is 5.54 Å². The Balaban J connectivity index is 1.88. The van der Waals surface area contributed by atoms with Crippen LogP contribution in [0.4, 0.5) is 5.69 Å². The number of sulfonamides is 1. The Morgan fingerprint density at radius 2 is 1.93 bits per heavy atom. The van der Waals surface area contributed by atoms with Gasteiger partial charge in [-0.15, -0.1) is 0 Å². The number of rotatable bonds is 5. The van der Waals surface area contributed by atoms with Crippen LogP contribution in [-0.4, -0.2) is 26.9 Å². The highest BCUT2D eigenvalue weighted by atomic mass is 35.5. The maximum Gasteiger partial charge on any atom is 0.264 e. The van der Waals surface area contributed by atoms with Gasteiger partial charge >= 0.3 is 0 Å². The first-order chi connectivity index (χ1) is 12.8. The Morgan fingerprint density at radius 3 is 2.52 bits per heavy atom. The van der Waals surface area contributed by atoms with E-state index < -0.39 is 21.5 Å². The summed E-state index contributed by atoms with van der Waals surface area (Å²) in [5.41, 5.74) is -0.240. The predicted molar refractivity (Wildman–Crippen MR) is 103 cm³/mol. The van der Waals surface area contributed by atoms with Crippen molar-refractivity contribution in [2.45, 2.75) is 29.7 Å². The third-order valence-corrected chi connectivity index (χ3v) is 6.72. The van der Waals surface area contributed by atoms with E-state index in [9.17, 15) is 18.5 Å². The van der Waals surface area contributed by atoms with Gasteiger partial charge in [-0.25, -0.2) is 8.42 Å². The SMILES string of the molecule is CN(c1cccc(Cl)c1)S(=O)(=O)c1cccc(C(=O)NC2(C#N)CCC2)c1. The van der Waals surface area contributed by atoms with Crippen LogP contribution in [0.15, 0.2) is 53.4 Å². The summed E-state index contributed by atoms with van der Waals surface area (Å²) < 4.78 is 27.0. The molecular formula is C19H18ClN3O3S. The van der Waals surface area contributed by atoms with E-state index in [2.05, 4.69) is 11.4 Å². The number of nitrogens with one attached hydrogen (secondary N) is 1. The summed E-state index contributed by atoms with van der Waals surface area (Å²) in [6, 6.07) is 14.4. The second-order valence-electron chi connectivity index (χ2n) is 6.48. The number of nitriles is 1. The number of hydrogen-bond donors (Lipinski definition) is 1. The van der Waals surface area contributed by atoms with E-state index in [1.54, 1.807) is 24.3 Å². The van der Waals surface area contributed by atoms with Crippen LogP contribution in [0.2, 0.25) is 5.02 Å². The largest absolute Gasteiger partial charge is 0.334 e. The van der Waals surface area contributed by atoms with Gasteiger partial charge in [0.25, 0.3) is 15.9 Å². The van der Waals surface area contributed by atoms with Crippen molar-refractivity contribution in [1.29, 1.82) is 5.26 Å². The van der Waals surface area contributed by atoms with Gasteiger partial charge in [-0.1, -0.05) is 23.7 Å². The van der Waals surface area contributed by atoms with Gasteiger partial charge in [0.05, 0.1) is 16.7 Å². The lowest BCUT2D eigenvalue weighted by Gasteiger charge is -2.35. The minimum Gasteiger partial charge on any atom is -0.334 e. The number of amides is 1. The van der Waals surface area contributed by atoms with Crippen LogP contribution in [0.3, 0.4) is 0 Å². The monoisotopic (exact) mass is 403 g/mol. The molecule has 0 aliphatic heterocycles. The second kappa shape index (κ2) is 7.22. The fourth-order valence-electron chi connectivity index (χ4n) is 2.85. The zero-order chi connectivity index (χ0) is 19.7. The third-order valence-electron chi connectivity index (χ3n) is 4.70. The van der Waals surface area contributed by atoms with E-state index in [1.807, 2.05) is 0 Å². The number of carbonyl (C=O) groups excluding carboxylic acids is 1. The standard InChI is InChI=1S/C19H18ClN3O3S/c1-23(16-7-3-6-15(20)12-16)27(25,26)17-8-2-5-14(11-17)18(24)22-19(13-21)9-4-10-19/h2-3,5-8,11-12H,4,9-10H2,1H3,(H,22,24). The fourth-order valence-corrected chi connectivity index (χ4v) is 4.27. The average Bonchev–Trinajstić information content (AvgIpc) is 2.64. The highest BCUT2D eigenvalue weighted by Crippen LogP contribution is 2.31. The quantitative estimate of drug-likeness (QED) is 0.828. The molecule has 2 aromatic rings.